The van der Waals surface area contributed by atoms with Crippen molar-refractivity contribution in [2.45, 2.75) is 45.7 Å². The normalized spacial score (nSPS) is 21.9. The molecule has 1 N–H and O–H groups in total. The molecule has 1 aromatic heterocycles. The van der Waals surface area contributed by atoms with Gasteiger partial charge in [-0.2, -0.15) is 0 Å². The molecule has 1 aromatic rings. The van der Waals surface area contributed by atoms with Crippen LogP contribution in [-0.4, -0.2) is 30.6 Å². The molecule has 0 spiro atoms. The van der Waals surface area contributed by atoms with E-state index in [-0.39, 0.29) is 0 Å². The van der Waals surface area contributed by atoms with E-state index in [4.69, 9.17) is 0 Å². The molecule has 1 aliphatic heterocycles. The summed E-state index contributed by atoms with van der Waals surface area (Å²) in [5, 5.41) is 5.87. The molecule has 2 rings (SSSR count). The monoisotopic (exact) mass is 252 g/mol. The molecule has 0 bridgehead atoms. The number of nitrogens with zero attached hydrogens (tertiary/aromatic N) is 1. The molecule has 0 radical (unpaired) electrons. The fourth-order valence-electron chi connectivity index (χ4n) is 2.48. The number of aryl methyl sites for hydroxylation is 1. The van der Waals surface area contributed by atoms with Crippen molar-refractivity contribution < 1.29 is 0 Å². The zero-order valence-corrected chi connectivity index (χ0v) is 11.9. The van der Waals surface area contributed by atoms with E-state index in [0.717, 1.165) is 13.1 Å². The molecule has 96 valence electrons. The van der Waals surface area contributed by atoms with Crippen LogP contribution < -0.4 is 5.32 Å². The molecular formula is C14H24N2S. The Hall–Kier alpha value is -0.380. The SMILES string of the molecule is CCCNC1CCCN(Cc2sccc2C)C1. The number of hydrogen-bond acceptors (Lipinski definition) is 3. The Kier molecular flexibility index (Phi) is 5.01. The van der Waals surface area contributed by atoms with Gasteiger partial charge < -0.3 is 5.32 Å². The third-order valence-electron chi connectivity index (χ3n) is 3.52. The van der Waals surface area contributed by atoms with E-state index in [1.807, 2.05) is 11.3 Å². The molecule has 1 atom stereocenters. The van der Waals surface area contributed by atoms with Crippen molar-refractivity contribution in [3.05, 3.63) is 21.9 Å². The summed E-state index contributed by atoms with van der Waals surface area (Å²) in [7, 11) is 0. The quantitative estimate of drug-likeness (QED) is 0.866. The molecule has 0 amide bonds. The van der Waals surface area contributed by atoms with Gasteiger partial charge in [0, 0.05) is 24.0 Å². The molecule has 2 nitrogen and oxygen atoms in total. The van der Waals surface area contributed by atoms with Crippen LogP contribution in [-0.2, 0) is 6.54 Å². The average molecular weight is 252 g/mol. The number of hydrogen-bond donors (Lipinski definition) is 1. The van der Waals surface area contributed by atoms with Crippen molar-refractivity contribution >= 4 is 11.3 Å². The summed E-state index contributed by atoms with van der Waals surface area (Å²) in [4.78, 5) is 4.15. The molecule has 1 fully saturated rings. The number of nitrogens with one attached hydrogen (secondary N) is 1. The number of likely N-dealkylation sites (tertiary alicyclic amines) is 1. The predicted octanol–water partition coefficient (Wildman–Crippen LogP) is 3.02. The van der Waals surface area contributed by atoms with Gasteiger partial charge in [0.05, 0.1) is 0 Å². The minimum absolute atomic E-state index is 0.712. The van der Waals surface area contributed by atoms with Crippen LogP contribution in [0, 0.1) is 6.92 Å². The Morgan fingerprint density at radius 3 is 3.12 bits per heavy atom. The van der Waals surface area contributed by atoms with E-state index < -0.39 is 0 Å². The first kappa shape index (κ1) is 13.1. The van der Waals surface area contributed by atoms with Gasteiger partial charge in [-0.25, -0.2) is 0 Å². The second-order valence-corrected chi connectivity index (χ2v) is 6.06. The summed E-state index contributed by atoms with van der Waals surface area (Å²) in [5.41, 5.74) is 1.46. The number of piperidine rings is 1. The van der Waals surface area contributed by atoms with Gasteiger partial charge in [-0.15, -0.1) is 11.3 Å². The second-order valence-electron chi connectivity index (χ2n) is 5.06. The van der Waals surface area contributed by atoms with Gasteiger partial charge >= 0.3 is 0 Å². The lowest BCUT2D eigenvalue weighted by Crippen LogP contribution is -2.45. The molecule has 0 aromatic carbocycles. The fourth-order valence-corrected chi connectivity index (χ4v) is 3.43. The van der Waals surface area contributed by atoms with E-state index in [2.05, 4.69) is 35.5 Å². The van der Waals surface area contributed by atoms with Gasteiger partial charge in [0.25, 0.3) is 0 Å². The Labute approximate surface area is 109 Å². The van der Waals surface area contributed by atoms with E-state index in [0.29, 0.717) is 6.04 Å². The van der Waals surface area contributed by atoms with Crippen LogP contribution in [0.5, 0.6) is 0 Å². The van der Waals surface area contributed by atoms with Crippen molar-refractivity contribution in [1.82, 2.24) is 10.2 Å². The lowest BCUT2D eigenvalue weighted by atomic mass is 10.1. The van der Waals surface area contributed by atoms with Crippen LogP contribution in [0.25, 0.3) is 0 Å². The molecule has 1 aliphatic rings. The smallest absolute Gasteiger partial charge is 0.0331 e. The Balaban J connectivity index is 1.83. The predicted molar refractivity (Wildman–Crippen MR) is 75.6 cm³/mol. The van der Waals surface area contributed by atoms with Crippen molar-refractivity contribution in [3.8, 4) is 0 Å². The Morgan fingerprint density at radius 1 is 1.53 bits per heavy atom. The minimum atomic E-state index is 0.712. The lowest BCUT2D eigenvalue weighted by molar-refractivity contribution is 0.185. The van der Waals surface area contributed by atoms with Crippen molar-refractivity contribution in [3.63, 3.8) is 0 Å². The summed E-state index contributed by atoms with van der Waals surface area (Å²) in [6, 6.07) is 2.94. The maximum Gasteiger partial charge on any atom is 0.0331 e. The highest BCUT2D eigenvalue weighted by atomic mass is 32.1. The van der Waals surface area contributed by atoms with E-state index in [9.17, 15) is 0 Å². The molecule has 17 heavy (non-hydrogen) atoms. The summed E-state index contributed by atoms with van der Waals surface area (Å²) < 4.78 is 0. The van der Waals surface area contributed by atoms with E-state index >= 15 is 0 Å². The van der Waals surface area contributed by atoms with Gasteiger partial charge in [-0.3, -0.25) is 4.90 Å². The van der Waals surface area contributed by atoms with Crippen LogP contribution in [0.4, 0.5) is 0 Å². The van der Waals surface area contributed by atoms with Crippen molar-refractivity contribution in [1.29, 1.82) is 0 Å². The Bertz CT molecular complexity index is 335. The van der Waals surface area contributed by atoms with Gasteiger partial charge in [-0.05, 0) is 56.3 Å². The summed E-state index contributed by atoms with van der Waals surface area (Å²) in [6.07, 6.45) is 3.92. The van der Waals surface area contributed by atoms with E-state index in [1.165, 1.54) is 37.9 Å². The van der Waals surface area contributed by atoms with Gasteiger partial charge in [-0.1, -0.05) is 6.92 Å². The molecule has 0 aliphatic carbocycles. The molecule has 1 unspecified atom stereocenters. The largest absolute Gasteiger partial charge is 0.313 e. The maximum atomic E-state index is 3.66. The third kappa shape index (κ3) is 3.80. The topological polar surface area (TPSA) is 15.3 Å². The number of thiophene rings is 1. The van der Waals surface area contributed by atoms with E-state index in [1.54, 1.807) is 4.88 Å². The summed E-state index contributed by atoms with van der Waals surface area (Å²) >= 11 is 1.90. The third-order valence-corrected chi connectivity index (χ3v) is 4.53. The lowest BCUT2D eigenvalue weighted by Gasteiger charge is -2.33. The van der Waals surface area contributed by atoms with Crippen LogP contribution in [0.1, 0.15) is 36.6 Å². The van der Waals surface area contributed by atoms with Gasteiger partial charge in [0.2, 0.25) is 0 Å². The molecule has 1 saturated heterocycles. The van der Waals surface area contributed by atoms with Crippen LogP contribution in [0.3, 0.4) is 0 Å². The van der Waals surface area contributed by atoms with Gasteiger partial charge in [0.1, 0.15) is 0 Å². The highest BCUT2D eigenvalue weighted by Crippen LogP contribution is 2.20. The van der Waals surface area contributed by atoms with Crippen molar-refractivity contribution in [2.24, 2.45) is 0 Å². The Morgan fingerprint density at radius 2 is 2.41 bits per heavy atom. The van der Waals surface area contributed by atoms with Crippen LogP contribution in [0.15, 0.2) is 11.4 Å². The zero-order valence-electron chi connectivity index (χ0n) is 11.0. The summed E-state index contributed by atoms with van der Waals surface area (Å²) in [6.45, 7) is 9.26. The highest BCUT2D eigenvalue weighted by molar-refractivity contribution is 7.10. The van der Waals surface area contributed by atoms with Crippen molar-refractivity contribution in [2.75, 3.05) is 19.6 Å². The first-order valence-electron chi connectivity index (χ1n) is 6.78. The standard InChI is InChI=1S/C14H24N2S/c1-3-7-15-13-5-4-8-16(10-13)11-14-12(2)6-9-17-14/h6,9,13,15H,3-5,7-8,10-11H2,1-2H3. The number of rotatable bonds is 5. The van der Waals surface area contributed by atoms with Crippen LogP contribution >= 0.6 is 11.3 Å². The first-order valence-corrected chi connectivity index (χ1v) is 7.66. The average Bonchev–Trinajstić information content (AvgIpc) is 2.73. The second kappa shape index (κ2) is 6.53. The first-order chi connectivity index (χ1) is 8.29. The summed E-state index contributed by atoms with van der Waals surface area (Å²) in [5.74, 6) is 0. The molecule has 2 heterocycles. The minimum Gasteiger partial charge on any atom is -0.313 e. The zero-order chi connectivity index (χ0) is 12.1. The highest BCUT2D eigenvalue weighted by Gasteiger charge is 2.19. The van der Waals surface area contributed by atoms with Gasteiger partial charge in [0.15, 0.2) is 0 Å². The maximum absolute atomic E-state index is 3.66. The molecule has 0 saturated carbocycles. The fraction of sp³-hybridized carbons (Fsp3) is 0.714. The molecule has 3 heteroatoms. The molecular weight excluding hydrogens is 228 g/mol. The van der Waals surface area contributed by atoms with Crippen LogP contribution in [0.2, 0.25) is 0 Å².